The molecule has 0 bridgehead atoms. The Kier molecular flexibility index (Phi) is 4.86. The highest BCUT2D eigenvalue weighted by atomic mass is 19.4. The maximum atomic E-state index is 12.5. The number of alkyl halides is 3. The maximum absolute atomic E-state index is 12.5. The second-order valence-electron chi connectivity index (χ2n) is 4.03. The summed E-state index contributed by atoms with van der Waals surface area (Å²) < 4.78 is 37.4. The van der Waals surface area contributed by atoms with Crippen LogP contribution in [-0.4, -0.2) is 43.8 Å². The van der Waals surface area contributed by atoms with Crippen LogP contribution >= 0.6 is 0 Å². The average Bonchev–Trinajstić information content (AvgIpc) is 2.17. The molecule has 1 unspecified atom stereocenters. The van der Waals surface area contributed by atoms with Gasteiger partial charge in [0.05, 0.1) is 5.92 Å². The summed E-state index contributed by atoms with van der Waals surface area (Å²) in [5.74, 6) is -1.12. The quantitative estimate of drug-likeness (QED) is 0.733. The van der Waals surface area contributed by atoms with Crippen molar-refractivity contribution < 1.29 is 13.2 Å². The molecule has 0 aromatic rings. The highest BCUT2D eigenvalue weighted by Gasteiger charge is 2.41. The van der Waals surface area contributed by atoms with E-state index in [1.165, 1.54) is 0 Å². The standard InChI is InChI=1S/C10H19F3N2/c1-2-14-5-7-15-6-3-4-9(8-15)10(11,12)13/h9,14H,2-8H2,1H3. The average molecular weight is 224 g/mol. The molecule has 0 radical (unpaired) electrons. The van der Waals surface area contributed by atoms with Crippen molar-refractivity contribution in [3.8, 4) is 0 Å². The Labute approximate surface area is 88.8 Å². The molecule has 1 atom stereocenters. The van der Waals surface area contributed by atoms with Gasteiger partial charge in [-0.1, -0.05) is 6.92 Å². The van der Waals surface area contributed by atoms with Crippen LogP contribution in [0.25, 0.3) is 0 Å². The lowest BCUT2D eigenvalue weighted by molar-refractivity contribution is -0.186. The van der Waals surface area contributed by atoms with Crippen LogP contribution in [0.15, 0.2) is 0 Å². The van der Waals surface area contributed by atoms with Gasteiger partial charge in [0, 0.05) is 19.6 Å². The molecule has 0 amide bonds. The first-order chi connectivity index (χ1) is 7.04. The Bertz CT molecular complexity index is 182. The van der Waals surface area contributed by atoms with E-state index in [1.54, 1.807) is 0 Å². The molecule has 15 heavy (non-hydrogen) atoms. The Morgan fingerprint density at radius 2 is 2.13 bits per heavy atom. The van der Waals surface area contributed by atoms with E-state index in [1.807, 2.05) is 11.8 Å². The molecule has 1 aliphatic heterocycles. The summed E-state index contributed by atoms with van der Waals surface area (Å²) in [5, 5.41) is 3.13. The third kappa shape index (κ3) is 4.38. The summed E-state index contributed by atoms with van der Waals surface area (Å²) in [6.45, 7) is 5.35. The first-order valence-corrected chi connectivity index (χ1v) is 5.54. The summed E-state index contributed by atoms with van der Waals surface area (Å²) in [6.07, 6.45) is -3.06. The van der Waals surface area contributed by atoms with Gasteiger partial charge in [0.1, 0.15) is 0 Å². The van der Waals surface area contributed by atoms with E-state index in [-0.39, 0.29) is 6.54 Å². The van der Waals surface area contributed by atoms with Crippen LogP contribution in [0.1, 0.15) is 19.8 Å². The summed E-state index contributed by atoms with van der Waals surface area (Å²) >= 11 is 0. The van der Waals surface area contributed by atoms with Gasteiger partial charge >= 0.3 is 6.18 Å². The monoisotopic (exact) mass is 224 g/mol. The Morgan fingerprint density at radius 1 is 1.40 bits per heavy atom. The van der Waals surface area contributed by atoms with Crippen molar-refractivity contribution in [1.29, 1.82) is 0 Å². The third-order valence-corrected chi connectivity index (χ3v) is 2.82. The Balaban J connectivity index is 2.29. The predicted octanol–water partition coefficient (Wildman–Crippen LogP) is 1.87. The zero-order valence-electron chi connectivity index (χ0n) is 9.11. The molecule has 0 spiro atoms. The van der Waals surface area contributed by atoms with Crippen LogP contribution in [-0.2, 0) is 0 Å². The lowest BCUT2D eigenvalue weighted by Crippen LogP contribution is -2.44. The summed E-state index contributed by atoms with van der Waals surface area (Å²) in [4.78, 5) is 1.91. The minimum atomic E-state index is -4.02. The van der Waals surface area contributed by atoms with E-state index in [4.69, 9.17) is 0 Å². The Hall–Kier alpha value is -0.290. The van der Waals surface area contributed by atoms with Gasteiger partial charge < -0.3 is 10.2 Å². The number of hydrogen-bond acceptors (Lipinski definition) is 2. The molecule has 1 heterocycles. The SMILES string of the molecule is CCNCCN1CCCC(C(F)(F)F)C1. The second kappa shape index (κ2) is 5.70. The predicted molar refractivity (Wildman–Crippen MR) is 53.8 cm³/mol. The smallest absolute Gasteiger partial charge is 0.316 e. The molecular weight excluding hydrogens is 205 g/mol. The van der Waals surface area contributed by atoms with Gasteiger partial charge in [-0.15, -0.1) is 0 Å². The van der Waals surface area contributed by atoms with E-state index in [0.717, 1.165) is 26.2 Å². The van der Waals surface area contributed by atoms with E-state index < -0.39 is 12.1 Å². The van der Waals surface area contributed by atoms with Crippen molar-refractivity contribution in [2.24, 2.45) is 5.92 Å². The number of halogens is 3. The van der Waals surface area contributed by atoms with Gasteiger partial charge in [0.2, 0.25) is 0 Å². The van der Waals surface area contributed by atoms with Crippen molar-refractivity contribution in [1.82, 2.24) is 10.2 Å². The van der Waals surface area contributed by atoms with E-state index in [9.17, 15) is 13.2 Å². The highest BCUT2D eigenvalue weighted by molar-refractivity contribution is 4.78. The molecule has 5 heteroatoms. The van der Waals surface area contributed by atoms with Gasteiger partial charge in [-0.3, -0.25) is 0 Å². The van der Waals surface area contributed by atoms with Crippen molar-refractivity contribution in [2.45, 2.75) is 25.9 Å². The molecule has 1 N–H and O–H groups in total. The number of hydrogen-bond donors (Lipinski definition) is 1. The number of piperidine rings is 1. The molecule has 90 valence electrons. The molecule has 1 saturated heterocycles. The zero-order valence-corrected chi connectivity index (χ0v) is 9.11. The van der Waals surface area contributed by atoms with Crippen LogP contribution in [0.2, 0.25) is 0 Å². The fourth-order valence-corrected chi connectivity index (χ4v) is 1.94. The molecule has 1 aliphatic rings. The van der Waals surface area contributed by atoms with E-state index in [0.29, 0.717) is 12.8 Å². The molecule has 0 aliphatic carbocycles. The van der Waals surface area contributed by atoms with Gasteiger partial charge in [-0.2, -0.15) is 13.2 Å². The van der Waals surface area contributed by atoms with Crippen LogP contribution in [0.3, 0.4) is 0 Å². The van der Waals surface area contributed by atoms with E-state index in [2.05, 4.69) is 5.32 Å². The summed E-state index contributed by atoms with van der Waals surface area (Å²) in [6, 6.07) is 0. The van der Waals surface area contributed by atoms with Crippen molar-refractivity contribution >= 4 is 0 Å². The molecule has 0 aromatic carbocycles. The number of nitrogens with zero attached hydrogens (tertiary/aromatic N) is 1. The van der Waals surface area contributed by atoms with Gasteiger partial charge in [0.25, 0.3) is 0 Å². The van der Waals surface area contributed by atoms with Crippen molar-refractivity contribution in [2.75, 3.05) is 32.7 Å². The van der Waals surface area contributed by atoms with Gasteiger partial charge in [-0.25, -0.2) is 0 Å². The van der Waals surface area contributed by atoms with Crippen LogP contribution in [0.4, 0.5) is 13.2 Å². The highest BCUT2D eigenvalue weighted by Crippen LogP contribution is 2.32. The number of nitrogens with one attached hydrogen (secondary N) is 1. The molecule has 1 fully saturated rings. The van der Waals surface area contributed by atoms with Crippen molar-refractivity contribution in [3.63, 3.8) is 0 Å². The minimum absolute atomic E-state index is 0.175. The number of likely N-dealkylation sites (tertiary alicyclic amines) is 1. The normalized spacial score (nSPS) is 24.4. The lowest BCUT2D eigenvalue weighted by Gasteiger charge is -2.33. The molecule has 0 aromatic heterocycles. The zero-order chi connectivity index (χ0) is 11.3. The first-order valence-electron chi connectivity index (χ1n) is 5.54. The maximum Gasteiger partial charge on any atom is 0.393 e. The van der Waals surface area contributed by atoms with Gasteiger partial charge in [-0.05, 0) is 25.9 Å². The lowest BCUT2D eigenvalue weighted by atomic mass is 9.97. The van der Waals surface area contributed by atoms with Crippen LogP contribution < -0.4 is 5.32 Å². The summed E-state index contributed by atoms with van der Waals surface area (Å²) in [5.41, 5.74) is 0. The van der Waals surface area contributed by atoms with Crippen LogP contribution in [0, 0.1) is 5.92 Å². The first kappa shape index (κ1) is 12.8. The number of rotatable bonds is 4. The summed E-state index contributed by atoms with van der Waals surface area (Å²) in [7, 11) is 0. The second-order valence-corrected chi connectivity index (χ2v) is 4.03. The van der Waals surface area contributed by atoms with Gasteiger partial charge in [0.15, 0.2) is 0 Å². The largest absolute Gasteiger partial charge is 0.393 e. The molecule has 1 rings (SSSR count). The van der Waals surface area contributed by atoms with Crippen LogP contribution in [0.5, 0.6) is 0 Å². The Morgan fingerprint density at radius 3 is 2.73 bits per heavy atom. The number of likely N-dealkylation sites (N-methyl/N-ethyl adjacent to an activating group) is 1. The molecular formula is C10H19F3N2. The van der Waals surface area contributed by atoms with E-state index >= 15 is 0 Å². The minimum Gasteiger partial charge on any atom is -0.316 e. The fraction of sp³-hybridized carbons (Fsp3) is 1.00. The topological polar surface area (TPSA) is 15.3 Å². The van der Waals surface area contributed by atoms with Crippen molar-refractivity contribution in [3.05, 3.63) is 0 Å². The molecule has 0 saturated carbocycles. The molecule has 2 nitrogen and oxygen atoms in total. The third-order valence-electron chi connectivity index (χ3n) is 2.82. The fourth-order valence-electron chi connectivity index (χ4n) is 1.94.